The molecule has 0 saturated heterocycles. The van der Waals surface area contributed by atoms with Gasteiger partial charge in [-0.25, -0.2) is 9.59 Å². The largest absolute Gasteiger partial charge is 0.509 e. The lowest BCUT2D eigenvalue weighted by atomic mass is 10.0. The van der Waals surface area contributed by atoms with Crippen molar-refractivity contribution in [1.82, 2.24) is 10.2 Å². The second-order valence-electron chi connectivity index (χ2n) is 5.10. The molecule has 142 valence electrons. The van der Waals surface area contributed by atoms with Crippen molar-refractivity contribution in [1.29, 1.82) is 0 Å². The number of hydrogen-bond donors (Lipinski definition) is 2. The van der Waals surface area contributed by atoms with E-state index in [4.69, 9.17) is 9.47 Å². The first-order valence-electron chi connectivity index (χ1n) is 7.76. The molecule has 0 aromatic rings. The van der Waals surface area contributed by atoms with Gasteiger partial charge in [0.25, 0.3) is 5.91 Å². The molecule has 0 aromatic heterocycles. The maximum absolute atomic E-state index is 12.6. The summed E-state index contributed by atoms with van der Waals surface area (Å²) in [6.07, 6.45) is 0. The number of nitrogens with one attached hydrogen (secondary N) is 1. The monoisotopic (exact) mass is 368 g/mol. The fraction of sp³-hybridized carbons (Fsp3) is 0.438. The van der Waals surface area contributed by atoms with Crippen molar-refractivity contribution in [2.75, 3.05) is 19.8 Å². The number of aliphatic hydroxyl groups excluding tert-OH is 1. The van der Waals surface area contributed by atoms with Crippen LogP contribution in [0.1, 0.15) is 27.7 Å². The Kier molecular flexibility index (Phi) is 7.06. The Morgan fingerprint density at radius 1 is 1.04 bits per heavy atom. The average Bonchev–Trinajstić information content (AvgIpc) is 2.64. The Morgan fingerprint density at radius 2 is 1.54 bits per heavy atom. The van der Waals surface area contributed by atoms with Gasteiger partial charge in [-0.05, 0) is 13.8 Å². The SMILES string of the molecule is CCOC(=O)C1=C(O)CN(C(C)=O)C(=O)C(NC(C)=O)=C1C(=O)OCC. The fourth-order valence-electron chi connectivity index (χ4n) is 2.19. The first-order chi connectivity index (χ1) is 12.1. The maximum Gasteiger partial charge on any atom is 0.342 e. The van der Waals surface area contributed by atoms with Gasteiger partial charge in [-0.1, -0.05) is 0 Å². The predicted molar refractivity (Wildman–Crippen MR) is 86.2 cm³/mol. The summed E-state index contributed by atoms with van der Waals surface area (Å²) in [7, 11) is 0. The summed E-state index contributed by atoms with van der Waals surface area (Å²) < 4.78 is 9.67. The van der Waals surface area contributed by atoms with Gasteiger partial charge >= 0.3 is 11.9 Å². The summed E-state index contributed by atoms with van der Waals surface area (Å²) in [5.41, 5.74) is -1.98. The van der Waals surface area contributed by atoms with E-state index >= 15 is 0 Å². The van der Waals surface area contributed by atoms with Gasteiger partial charge in [-0.2, -0.15) is 0 Å². The molecule has 0 bridgehead atoms. The van der Waals surface area contributed by atoms with Crippen molar-refractivity contribution >= 4 is 29.7 Å². The number of carbonyl (C=O) groups excluding carboxylic acids is 5. The second kappa shape index (κ2) is 8.79. The Morgan fingerprint density at radius 3 is 1.96 bits per heavy atom. The topological polar surface area (TPSA) is 139 Å². The molecule has 0 aromatic carbocycles. The molecule has 26 heavy (non-hydrogen) atoms. The second-order valence-corrected chi connectivity index (χ2v) is 5.10. The van der Waals surface area contributed by atoms with Crippen LogP contribution >= 0.6 is 0 Å². The predicted octanol–water partition coefficient (Wildman–Crippen LogP) is -0.296. The summed E-state index contributed by atoms with van der Waals surface area (Å²) in [4.78, 5) is 61.2. The zero-order chi connectivity index (χ0) is 20.0. The molecule has 10 nitrogen and oxygen atoms in total. The zero-order valence-electron chi connectivity index (χ0n) is 14.9. The molecule has 0 aliphatic carbocycles. The van der Waals surface area contributed by atoms with Crippen molar-refractivity contribution in [2.24, 2.45) is 0 Å². The molecule has 1 aliphatic rings. The minimum absolute atomic E-state index is 0.0778. The number of hydrogen-bond acceptors (Lipinski definition) is 8. The van der Waals surface area contributed by atoms with Gasteiger partial charge in [0.15, 0.2) is 0 Å². The highest BCUT2D eigenvalue weighted by Crippen LogP contribution is 2.26. The molecule has 0 unspecified atom stereocenters. The highest BCUT2D eigenvalue weighted by atomic mass is 16.5. The van der Waals surface area contributed by atoms with Crippen LogP contribution in [-0.4, -0.2) is 59.4 Å². The number of aliphatic hydroxyl groups is 1. The summed E-state index contributed by atoms with van der Waals surface area (Å²) in [6, 6.07) is 0. The van der Waals surface area contributed by atoms with Crippen molar-refractivity contribution in [3.63, 3.8) is 0 Å². The molecular weight excluding hydrogens is 348 g/mol. The van der Waals surface area contributed by atoms with E-state index in [0.717, 1.165) is 13.8 Å². The van der Waals surface area contributed by atoms with Crippen LogP contribution < -0.4 is 5.32 Å². The third kappa shape index (κ3) is 4.47. The third-order valence-electron chi connectivity index (χ3n) is 3.20. The molecule has 1 heterocycles. The van der Waals surface area contributed by atoms with E-state index in [1.807, 2.05) is 0 Å². The van der Waals surface area contributed by atoms with Gasteiger partial charge in [0.1, 0.15) is 22.6 Å². The van der Waals surface area contributed by atoms with Crippen LogP contribution in [0.2, 0.25) is 0 Å². The van der Waals surface area contributed by atoms with Crippen LogP contribution in [-0.2, 0) is 33.4 Å². The van der Waals surface area contributed by atoms with Crippen molar-refractivity contribution in [2.45, 2.75) is 27.7 Å². The van der Waals surface area contributed by atoms with Crippen LogP contribution in [0.15, 0.2) is 22.6 Å². The van der Waals surface area contributed by atoms with E-state index in [1.54, 1.807) is 0 Å². The lowest BCUT2D eigenvalue weighted by Gasteiger charge is -2.18. The molecule has 10 heteroatoms. The van der Waals surface area contributed by atoms with Gasteiger partial charge in [-0.3, -0.25) is 19.3 Å². The number of esters is 2. The normalized spacial score (nSPS) is 14.8. The van der Waals surface area contributed by atoms with E-state index in [1.165, 1.54) is 13.8 Å². The first kappa shape index (κ1) is 20.9. The van der Waals surface area contributed by atoms with E-state index < -0.39 is 58.8 Å². The molecule has 0 fully saturated rings. The highest BCUT2D eigenvalue weighted by Gasteiger charge is 2.39. The van der Waals surface area contributed by atoms with Crippen LogP contribution in [0.4, 0.5) is 0 Å². The Balaban J connectivity index is 3.80. The van der Waals surface area contributed by atoms with Gasteiger partial charge in [0.05, 0.1) is 19.8 Å². The molecular formula is C16H20N2O8. The highest BCUT2D eigenvalue weighted by molar-refractivity contribution is 6.16. The Bertz CT molecular complexity index is 720. The van der Waals surface area contributed by atoms with Crippen molar-refractivity contribution in [3.05, 3.63) is 22.6 Å². The summed E-state index contributed by atoms with van der Waals surface area (Å²) in [5.74, 6) is -5.54. The smallest absolute Gasteiger partial charge is 0.342 e. The number of ether oxygens (including phenoxy) is 2. The summed E-state index contributed by atoms with van der Waals surface area (Å²) >= 11 is 0. The van der Waals surface area contributed by atoms with E-state index in [-0.39, 0.29) is 13.2 Å². The van der Waals surface area contributed by atoms with Crippen molar-refractivity contribution in [3.8, 4) is 0 Å². The third-order valence-corrected chi connectivity index (χ3v) is 3.20. The van der Waals surface area contributed by atoms with Gasteiger partial charge in [0, 0.05) is 13.8 Å². The lowest BCUT2D eigenvalue weighted by molar-refractivity contribution is -0.143. The van der Waals surface area contributed by atoms with Crippen LogP contribution in [0.3, 0.4) is 0 Å². The molecule has 0 saturated carbocycles. The summed E-state index contributed by atoms with van der Waals surface area (Å²) in [6.45, 7) is 4.26. The molecule has 0 spiro atoms. The minimum Gasteiger partial charge on any atom is -0.509 e. The van der Waals surface area contributed by atoms with Gasteiger partial charge in [0.2, 0.25) is 11.8 Å². The lowest BCUT2D eigenvalue weighted by Crippen LogP contribution is -2.41. The van der Waals surface area contributed by atoms with Crippen LogP contribution in [0, 0.1) is 0 Å². The van der Waals surface area contributed by atoms with Crippen LogP contribution in [0.25, 0.3) is 0 Å². The number of nitrogens with zero attached hydrogens (tertiary/aromatic N) is 1. The quantitative estimate of drug-likeness (QED) is 0.631. The summed E-state index contributed by atoms with van der Waals surface area (Å²) in [5, 5.41) is 12.4. The molecule has 0 radical (unpaired) electrons. The number of carbonyl (C=O) groups is 5. The Labute approximate surface area is 149 Å². The van der Waals surface area contributed by atoms with E-state index in [0.29, 0.717) is 4.90 Å². The van der Waals surface area contributed by atoms with Gasteiger partial charge < -0.3 is 19.9 Å². The molecule has 3 amide bonds. The van der Waals surface area contributed by atoms with Crippen LogP contribution in [0.5, 0.6) is 0 Å². The van der Waals surface area contributed by atoms with Gasteiger partial charge in [-0.15, -0.1) is 0 Å². The minimum atomic E-state index is -1.13. The fourth-order valence-corrected chi connectivity index (χ4v) is 2.19. The first-order valence-corrected chi connectivity index (χ1v) is 7.76. The van der Waals surface area contributed by atoms with Crippen molar-refractivity contribution < 1.29 is 38.6 Å². The molecule has 1 rings (SSSR count). The average molecular weight is 368 g/mol. The molecule has 1 aliphatic heterocycles. The standard InChI is InChI=1S/C16H20N2O8/c1-5-25-15(23)11-10(21)7-18(9(4)20)14(22)13(17-8(3)19)12(11)16(24)26-6-2/h21H,5-7H2,1-4H3,(H,17,19). The van der Waals surface area contributed by atoms with E-state index in [2.05, 4.69) is 5.32 Å². The number of rotatable bonds is 5. The molecule has 2 N–H and O–H groups in total. The number of imide groups is 1. The van der Waals surface area contributed by atoms with E-state index in [9.17, 15) is 29.1 Å². The zero-order valence-corrected chi connectivity index (χ0v) is 14.9. The Hall–Kier alpha value is -3.17. The molecule has 0 atom stereocenters. The number of amides is 3. The maximum atomic E-state index is 12.6.